The molecule has 0 radical (unpaired) electrons. The number of aryl methyl sites for hydroxylation is 1. The van der Waals surface area contributed by atoms with E-state index in [4.69, 9.17) is 9.72 Å². The number of aromatic nitrogens is 6. The normalized spacial score (nSPS) is 20.6. The molecule has 0 bridgehead atoms. The van der Waals surface area contributed by atoms with E-state index in [0.717, 1.165) is 12.8 Å². The van der Waals surface area contributed by atoms with Crippen molar-refractivity contribution in [3.63, 3.8) is 0 Å². The van der Waals surface area contributed by atoms with Gasteiger partial charge in [-0.15, -0.1) is 10.2 Å². The Labute approximate surface area is 239 Å². The maximum Gasteiger partial charge on any atom is 0.323 e. The summed E-state index contributed by atoms with van der Waals surface area (Å²) >= 11 is 0.680. The summed E-state index contributed by atoms with van der Waals surface area (Å²) in [6.45, 7) is 7.12. The minimum Gasteiger partial charge on any atom is -0.421 e. The van der Waals surface area contributed by atoms with Crippen LogP contribution in [0.5, 0.6) is 11.8 Å². The number of halogens is 2. The van der Waals surface area contributed by atoms with Crippen molar-refractivity contribution < 1.29 is 21.9 Å². The van der Waals surface area contributed by atoms with Crippen molar-refractivity contribution in [1.29, 1.82) is 0 Å². The van der Waals surface area contributed by atoms with Gasteiger partial charge < -0.3 is 15.0 Å². The van der Waals surface area contributed by atoms with E-state index in [2.05, 4.69) is 35.2 Å². The van der Waals surface area contributed by atoms with E-state index in [1.54, 1.807) is 24.0 Å². The van der Waals surface area contributed by atoms with Gasteiger partial charge >= 0.3 is 6.01 Å². The molecule has 0 amide bonds. The summed E-state index contributed by atoms with van der Waals surface area (Å²) in [4.78, 5) is 11.3. The molecule has 4 heterocycles. The second kappa shape index (κ2) is 10.2. The van der Waals surface area contributed by atoms with E-state index in [1.807, 2.05) is 20.8 Å². The molecule has 12 nitrogen and oxygen atoms in total. The average Bonchev–Trinajstić information content (AvgIpc) is 3.25. The zero-order chi connectivity index (χ0) is 29.1. The lowest BCUT2D eigenvalue weighted by molar-refractivity contribution is 0.150. The van der Waals surface area contributed by atoms with Crippen molar-refractivity contribution >= 4 is 38.0 Å². The van der Waals surface area contributed by atoms with Crippen LogP contribution >= 0.6 is 11.3 Å². The van der Waals surface area contributed by atoms with E-state index in [0.29, 0.717) is 46.8 Å². The number of anilines is 1. The third kappa shape index (κ3) is 5.73. The highest BCUT2D eigenvalue weighted by Gasteiger charge is 2.41. The van der Waals surface area contributed by atoms with E-state index in [1.165, 1.54) is 12.3 Å². The van der Waals surface area contributed by atoms with Gasteiger partial charge in [0.2, 0.25) is 10.0 Å². The number of piperazine rings is 1. The van der Waals surface area contributed by atoms with Crippen LogP contribution in [0.3, 0.4) is 0 Å². The fourth-order valence-corrected chi connectivity index (χ4v) is 7.16. The molecule has 218 valence electrons. The highest BCUT2D eigenvalue weighted by atomic mass is 32.2. The summed E-state index contributed by atoms with van der Waals surface area (Å²) in [5.41, 5.74) is 0.603. The number of alkyl halides is 2. The van der Waals surface area contributed by atoms with Crippen molar-refractivity contribution in [1.82, 2.24) is 40.0 Å². The third-order valence-corrected chi connectivity index (χ3v) is 9.60. The SMILES string of the molecule is CC1CN(c2cc(S(=O)(=O)NC3(C)CC3)cc3c(-c4nnc(C(F)F)s4)nc(Oc4cnn(C)c4)nc23)CC(C)N1. The molecule has 4 aromatic rings. The number of fused-ring (bicyclic) bond motifs is 1. The quantitative estimate of drug-likeness (QED) is 0.306. The molecule has 1 aliphatic carbocycles. The Hall–Kier alpha value is -3.34. The Kier molecular flexibility index (Phi) is 6.91. The van der Waals surface area contributed by atoms with Crippen LogP contribution in [0.25, 0.3) is 21.6 Å². The first kappa shape index (κ1) is 27.8. The number of ether oxygens (including phenoxy) is 1. The molecular formula is C25H29F2N9O3S2. The summed E-state index contributed by atoms with van der Waals surface area (Å²) in [5.74, 6) is 0.371. The number of nitrogens with zero attached hydrogens (tertiary/aromatic N) is 7. The summed E-state index contributed by atoms with van der Waals surface area (Å²) < 4.78 is 64.5. The van der Waals surface area contributed by atoms with Gasteiger partial charge in [0.05, 0.1) is 23.0 Å². The lowest BCUT2D eigenvalue weighted by Gasteiger charge is -2.38. The second-order valence-corrected chi connectivity index (χ2v) is 13.6. The number of rotatable bonds is 8. The van der Waals surface area contributed by atoms with Crippen molar-refractivity contribution in [2.45, 2.75) is 62.6 Å². The lowest BCUT2D eigenvalue weighted by atomic mass is 10.1. The number of sulfonamides is 1. The molecule has 6 rings (SSSR count). The fraction of sp³-hybridized carbons (Fsp3) is 0.480. The molecule has 1 aliphatic heterocycles. The Bertz CT molecular complexity index is 1710. The average molecular weight is 606 g/mol. The van der Waals surface area contributed by atoms with Crippen LogP contribution < -0.4 is 19.7 Å². The van der Waals surface area contributed by atoms with Gasteiger partial charge in [-0.2, -0.15) is 15.1 Å². The van der Waals surface area contributed by atoms with Gasteiger partial charge in [0, 0.05) is 43.1 Å². The molecule has 1 saturated carbocycles. The molecule has 41 heavy (non-hydrogen) atoms. The molecule has 1 saturated heterocycles. The minimum atomic E-state index is -3.94. The number of hydrogen-bond acceptors (Lipinski definition) is 11. The lowest BCUT2D eigenvalue weighted by Crippen LogP contribution is -2.54. The summed E-state index contributed by atoms with van der Waals surface area (Å²) in [6, 6.07) is 3.24. The van der Waals surface area contributed by atoms with Crippen LogP contribution in [0, 0.1) is 0 Å². The Balaban J connectivity index is 1.59. The maximum absolute atomic E-state index is 13.6. The minimum absolute atomic E-state index is 0.0244. The van der Waals surface area contributed by atoms with Gasteiger partial charge in [-0.1, -0.05) is 11.3 Å². The van der Waals surface area contributed by atoms with Crippen LogP contribution in [0.1, 0.15) is 45.0 Å². The molecule has 3 aromatic heterocycles. The molecule has 1 aromatic carbocycles. The zero-order valence-electron chi connectivity index (χ0n) is 22.8. The fourth-order valence-electron chi connectivity index (χ4n) is 4.94. The Morgan fingerprint density at radius 2 is 1.90 bits per heavy atom. The number of nitrogens with one attached hydrogen (secondary N) is 2. The molecule has 0 spiro atoms. The highest BCUT2D eigenvalue weighted by Crippen LogP contribution is 2.40. The van der Waals surface area contributed by atoms with Crippen molar-refractivity contribution in [2.24, 2.45) is 7.05 Å². The topological polar surface area (TPSA) is 140 Å². The third-order valence-electron chi connectivity index (χ3n) is 7.04. The highest BCUT2D eigenvalue weighted by molar-refractivity contribution is 7.89. The monoisotopic (exact) mass is 605 g/mol. The van der Waals surface area contributed by atoms with Gasteiger partial charge in [-0.05, 0) is 45.7 Å². The van der Waals surface area contributed by atoms with E-state index >= 15 is 0 Å². The van der Waals surface area contributed by atoms with Crippen LogP contribution in [0.15, 0.2) is 29.4 Å². The van der Waals surface area contributed by atoms with Crippen molar-refractivity contribution in [3.8, 4) is 22.5 Å². The standard InChI is InChI=1S/C25H29F2N9O3S2/c1-13-10-36(11-14(2)29-13)18-8-16(41(37,38)34-25(3)5-6-25)7-17-19(18)30-24(39-15-9-28-35(4)12-15)31-20(17)22-32-33-23(40-22)21(26)27/h7-9,12-14,21,29,34H,5-6,10-11H2,1-4H3. The first-order valence-electron chi connectivity index (χ1n) is 13.1. The maximum atomic E-state index is 13.6. The summed E-state index contributed by atoms with van der Waals surface area (Å²) in [5, 5.41) is 15.1. The van der Waals surface area contributed by atoms with Crippen molar-refractivity contribution in [2.75, 3.05) is 18.0 Å². The van der Waals surface area contributed by atoms with Gasteiger partial charge in [-0.25, -0.2) is 21.9 Å². The predicted octanol–water partition coefficient (Wildman–Crippen LogP) is 3.63. The first-order valence-corrected chi connectivity index (χ1v) is 15.4. The predicted molar refractivity (Wildman–Crippen MR) is 149 cm³/mol. The molecular weight excluding hydrogens is 576 g/mol. The first-order chi connectivity index (χ1) is 19.4. The van der Waals surface area contributed by atoms with Crippen molar-refractivity contribution in [3.05, 3.63) is 29.5 Å². The smallest absolute Gasteiger partial charge is 0.323 e. The summed E-state index contributed by atoms with van der Waals surface area (Å²) in [7, 11) is -2.21. The zero-order valence-corrected chi connectivity index (χ0v) is 24.4. The summed E-state index contributed by atoms with van der Waals surface area (Å²) in [6.07, 6.45) is 1.79. The van der Waals surface area contributed by atoms with Crippen LogP contribution in [-0.4, -0.2) is 69.1 Å². The van der Waals surface area contributed by atoms with E-state index in [-0.39, 0.29) is 33.7 Å². The number of benzene rings is 1. The number of hydrogen-bond donors (Lipinski definition) is 2. The molecule has 2 aliphatic rings. The molecule has 2 unspecified atom stereocenters. The van der Waals surface area contributed by atoms with Crippen LogP contribution in [0.4, 0.5) is 14.5 Å². The molecule has 2 fully saturated rings. The van der Waals surface area contributed by atoms with Crippen LogP contribution in [0.2, 0.25) is 0 Å². The van der Waals surface area contributed by atoms with Crippen LogP contribution in [-0.2, 0) is 17.1 Å². The Morgan fingerprint density at radius 3 is 2.51 bits per heavy atom. The van der Waals surface area contributed by atoms with Gasteiger partial charge in [0.25, 0.3) is 6.43 Å². The largest absolute Gasteiger partial charge is 0.421 e. The molecule has 16 heteroatoms. The van der Waals surface area contributed by atoms with Gasteiger partial charge in [0.15, 0.2) is 15.8 Å². The van der Waals surface area contributed by atoms with E-state index in [9.17, 15) is 17.2 Å². The second-order valence-electron chi connectivity index (χ2n) is 10.9. The molecule has 2 atom stereocenters. The molecule has 2 N–H and O–H groups in total. The van der Waals surface area contributed by atoms with E-state index < -0.39 is 27.0 Å². The van der Waals surface area contributed by atoms with Gasteiger partial charge in [0.1, 0.15) is 11.2 Å². The van der Waals surface area contributed by atoms with Gasteiger partial charge in [-0.3, -0.25) is 4.68 Å². The Morgan fingerprint density at radius 1 is 1.17 bits per heavy atom.